The average molecular weight is 417 g/mol. The predicted molar refractivity (Wildman–Crippen MR) is 121 cm³/mol. The van der Waals surface area contributed by atoms with Crippen LogP contribution < -0.4 is 14.8 Å². The molecular weight excluding hydrogens is 396 g/mol. The number of nitrogens with one attached hydrogen (secondary N) is 1. The molecule has 1 aliphatic heterocycles. The Morgan fingerprint density at radius 2 is 1.70 bits per heavy atom. The number of carbonyl (C=O) groups excluding carboxylic acids is 1. The monoisotopic (exact) mass is 416 g/mol. The molecule has 0 spiro atoms. The van der Waals surface area contributed by atoms with Crippen molar-refractivity contribution >= 4 is 34.6 Å². The summed E-state index contributed by atoms with van der Waals surface area (Å²) in [5.41, 5.74) is 2.70. The maximum Gasteiger partial charge on any atom is 0.264 e. The molecule has 0 unspecified atom stereocenters. The molecule has 0 aliphatic carbocycles. The van der Waals surface area contributed by atoms with Crippen LogP contribution in [-0.4, -0.2) is 18.2 Å². The summed E-state index contributed by atoms with van der Waals surface area (Å²) < 4.78 is 11.4. The van der Waals surface area contributed by atoms with Gasteiger partial charge >= 0.3 is 0 Å². The number of hydrogen-bond donors (Lipinski definition) is 1. The second kappa shape index (κ2) is 9.33. The van der Waals surface area contributed by atoms with E-state index in [1.165, 1.54) is 11.8 Å². The average Bonchev–Trinajstić information content (AvgIpc) is 3.12. The summed E-state index contributed by atoms with van der Waals surface area (Å²) in [5.74, 6) is 1.09. The van der Waals surface area contributed by atoms with Crippen LogP contribution in [0.3, 0.4) is 0 Å². The highest BCUT2D eigenvalue weighted by Crippen LogP contribution is 2.32. The first-order valence-electron chi connectivity index (χ1n) is 9.41. The highest BCUT2D eigenvalue weighted by molar-refractivity contribution is 8.18. The summed E-state index contributed by atoms with van der Waals surface area (Å²) >= 11 is 1.31. The van der Waals surface area contributed by atoms with Gasteiger partial charge in [0.1, 0.15) is 6.61 Å². The minimum atomic E-state index is -0.169. The van der Waals surface area contributed by atoms with Crippen molar-refractivity contribution in [3.8, 4) is 11.5 Å². The van der Waals surface area contributed by atoms with Crippen molar-refractivity contribution in [2.75, 3.05) is 7.11 Å². The van der Waals surface area contributed by atoms with Crippen molar-refractivity contribution in [1.82, 2.24) is 5.32 Å². The van der Waals surface area contributed by atoms with E-state index in [9.17, 15) is 4.79 Å². The van der Waals surface area contributed by atoms with Gasteiger partial charge in [-0.25, -0.2) is 4.99 Å². The number of ether oxygens (including phenoxy) is 2. The lowest BCUT2D eigenvalue weighted by Gasteiger charge is -2.11. The fourth-order valence-corrected chi connectivity index (χ4v) is 3.72. The van der Waals surface area contributed by atoms with Gasteiger partial charge in [0.15, 0.2) is 16.7 Å². The fraction of sp³-hybridized carbons (Fsp3) is 0.0833. The quantitative estimate of drug-likeness (QED) is 0.564. The van der Waals surface area contributed by atoms with E-state index in [0.717, 1.165) is 16.8 Å². The van der Waals surface area contributed by atoms with E-state index in [1.807, 2.05) is 84.9 Å². The Kier molecular flexibility index (Phi) is 6.15. The van der Waals surface area contributed by atoms with E-state index in [4.69, 9.17) is 9.47 Å². The molecule has 1 aliphatic rings. The zero-order chi connectivity index (χ0) is 20.8. The summed E-state index contributed by atoms with van der Waals surface area (Å²) in [4.78, 5) is 17.4. The lowest BCUT2D eigenvalue weighted by molar-refractivity contribution is -0.115. The van der Waals surface area contributed by atoms with Crippen molar-refractivity contribution in [2.45, 2.75) is 6.61 Å². The number of para-hydroxylation sites is 1. The van der Waals surface area contributed by atoms with E-state index in [2.05, 4.69) is 10.3 Å². The van der Waals surface area contributed by atoms with Crippen LogP contribution in [0.1, 0.15) is 11.1 Å². The molecule has 1 amide bonds. The zero-order valence-corrected chi connectivity index (χ0v) is 17.2. The third-order valence-corrected chi connectivity index (χ3v) is 5.27. The number of amidine groups is 1. The smallest absolute Gasteiger partial charge is 0.264 e. The van der Waals surface area contributed by atoms with Crippen LogP contribution in [0, 0.1) is 0 Å². The van der Waals surface area contributed by atoms with E-state index < -0.39 is 0 Å². The molecule has 1 saturated heterocycles. The minimum absolute atomic E-state index is 0.169. The van der Waals surface area contributed by atoms with Crippen molar-refractivity contribution in [3.05, 3.63) is 94.9 Å². The highest BCUT2D eigenvalue weighted by Gasteiger charge is 2.24. The van der Waals surface area contributed by atoms with Crippen LogP contribution in [0.4, 0.5) is 5.69 Å². The van der Waals surface area contributed by atoms with Gasteiger partial charge in [-0.2, -0.15) is 0 Å². The summed E-state index contributed by atoms with van der Waals surface area (Å²) in [6, 6.07) is 25.0. The van der Waals surface area contributed by atoms with E-state index >= 15 is 0 Å². The molecule has 5 nitrogen and oxygen atoms in total. The second-order valence-corrected chi connectivity index (χ2v) is 7.53. The fourth-order valence-electron chi connectivity index (χ4n) is 2.88. The Morgan fingerprint density at radius 1 is 0.967 bits per heavy atom. The molecule has 0 radical (unpaired) electrons. The van der Waals surface area contributed by atoms with Gasteiger partial charge in [-0.15, -0.1) is 0 Å². The topological polar surface area (TPSA) is 59.9 Å². The van der Waals surface area contributed by atoms with Crippen LogP contribution in [0.15, 0.2) is 88.8 Å². The summed E-state index contributed by atoms with van der Waals surface area (Å²) in [6.45, 7) is 0.431. The summed E-state index contributed by atoms with van der Waals surface area (Å²) in [7, 11) is 1.61. The molecule has 1 N–H and O–H groups in total. The van der Waals surface area contributed by atoms with Crippen LogP contribution in [0.25, 0.3) is 6.08 Å². The summed E-state index contributed by atoms with van der Waals surface area (Å²) in [6.07, 6.45) is 1.82. The van der Waals surface area contributed by atoms with Crippen LogP contribution in [-0.2, 0) is 11.4 Å². The first-order valence-corrected chi connectivity index (χ1v) is 10.2. The Balaban J connectivity index is 1.53. The van der Waals surface area contributed by atoms with Crippen molar-refractivity contribution in [1.29, 1.82) is 0 Å². The highest BCUT2D eigenvalue weighted by atomic mass is 32.2. The number of benzene rings is 3. The maximum absolute atomic E-state index is 12.4. The molecular formula is C24H20N2O3S. The molecule has 4 rings (SSSR count). The first-order chi connectivity index (χ1) is 14.7. The van der Waals surface area contributed by atoms with Crippen LogP contribution in [0.2, 0.25) is 0 Å². The molecule has 1 fully saturated rings. The van der Waals surface area contributed by atoms with Gasteiger partial charge in [0, 0.05) is 0 Å². The molecule has 0 saturated carbocycles. The molecule has 0 aromatic heterocycles. The normalized spacial score (nSPS) is 16.0. The number of methoxy groups -OCH3 is 1. The van der Waals surface area contributed by atoms with Gasteiger partial charge in [0.2, 0.25) is 0 Å². The van der Waals surface area contributed by atoms with Crippen molar-refractivity contribution in [2.24, 2.45) is 4.99 Å². The first kappa shape index (κ1) is 19.8. The standard InChI is InChI=1S/C24H20N2O3S/c1-28-20-13-12-18(14-21(20)29-16-17-8-4-2-5-9-17)15-22-23(27)26-24(30-22)25-19-10-6-3-7-11-19/h2-15H,16H2,1H3,(H,25,26,27). The van der Waals surface area contributed by atoms with Crippen molar-refractivity contribution < 1.29 is 14.3 Å². The molecule has 0 bridgehead atoms. The van der Waals surface area contributed by atoms with Gasteiger partial charge in [0.25, 0.3) is 5.91 Å². The largest absolute Gasteiger partial charge is 0.493 e. The molecule has 6 heteroatoms. The Morgan fingerprint density at radius 3 is 2.43 bits per heavy atom. The van der Waals surface area contributed by atoms with Crippen LogP contribution >= 0.6 is 11.8 Å². The van der Waals surface area contributed by atoms with Gasteiger partial charge < -0.3 is 14.8 Å². The number of thioether (sulfide) groups is 1. The molecule has 1 heterocycles. The predicted octanol–water partition coefficient (Wildman–Crippen LogP) is 5.17. The number of amides is 1. The Labute approximate surface area is 179 Å². The number of hydrogen-bond acceptors (Lipinski definition) is 5. The van der Waals surface area contributed by atoms with E-state index in [1.54, 1.807) is 7.11 Å². The van der Waals surface area contributed by atoms with E-state index in [0.29, 0.717) is 28.2 Å². The van der Waals surface area contributed by atoms with Gasteiger partial charge in [-0.05, 0) is 53.2 Å². The maximum atomic E-state index is 12.4. The molecule has 3 aromatic rings. The third kappa shape index (κ3) is 4.90. The number of aliphatic imine (C=N–C) groups is 1. The summed E-state index contributed by atoms with van der Waals surface area (Å²) in [5, 5.41) is 3.37. The number of nitrogens with zero attached hydrogens (tertiary/aromatic N) is 1. The van der Waals surface area contributed by atoms with Gasteiger partial charge in [-0.1, -0.05) is 54.6 Å². The zero-order valence-electron chi connectivity index (χ0n) is 16.4. The Bertz CT molecular complexity index is 1100. The molecule has 3 aromatic carbocycles. The van der Waals surface area contributed by atoms with Crippen molar-refractivity contribution in [3.63, 3.8) is 0 Å². The van der Waals surface area contributed by atoms with Gasteiger partial charge in [0.05, 0.1) is 17.7 Å². The minimum Gasteiger partial charge on any atom is -0.493 e. The van der Waals surface area contributed by atoms with Crippen LogP contribution in [0.5, 0.6) is 11.5 Å². The number of carbonyl (C=O) groups is 1. The molecule has 150 valence electrons. The lowest BCUT2D eigenvalue weighted by Crippen LogP contribution is -2.19. The van der Waals surface area contributed by atoms with E-state index in [-0.39, 0.29) is 5.91 Å². The number of rotatable bonds is 6. The third-order valence-electron chi connectivity index (χ3n) is 4.36. The lowest BCUT2D eigenvalue weighted by atomic mass is 10.2. The second-order valence-electron chi connectivity index (χ2n) is 6.50. The van der Waals surface area contributed by atoms with Gasteiger partial charge in [-0.3, -0.25) is 4.79 Å². The molecule has 0 atom stereocenters. The Hall–Kier alpha value is -3.51. The molecule has 30 heavy (non-hydrogen) atoms. The SMILES string of the molecule is COc1ccc(C=C2SC(=Nc3ccccc3)NC2=O)cc1OCc1ccccc1.